The molecule has 8 N–H and O–H groups in total. The van der Waals surface area contributed by atoms with Crippen LogP contribution < -0.4 is 42.5 Å². The molecule has 8 amide bonds. The normalized spacial score (nSPS) is 19.7. The summed E-state index contributed by atoms with van der Waals surface area (Å²) in [6.45, 7) is 14.7. The lowest BCUT2D eigenvalue weighted by Gasteiger charge is -2.41. The Morgan fingerprint density at radius 2 is 1.21 bits per heavy atom. The SMILES string of the molecule is CN[C@@H](C)C(=O)NC(C(=O)N1Cc2cc(NC(=O)c3ccc(C(=O)N[C@H]4C[C@@H](C(=O)N[C@@H]5CCCc6ccccc65)N(C(=O)[C@@H](NC(=O)[C@H](C)NC)C(C)(C)C)C4)cc3)ccc2C[C@H]1C(=O)N[C@H](COC)c1ccccc1)C(C)(C)C. The lowest BCUT2D eigenvalue weighted by atomic mass is 9.84. The molecule has 434 valence electrons. The van der Waals surface area contributed by atoms with E-state index in [2.05, 4.69) is 48.6 Å². The van der Waals surface area contributed by atoms with Gasteiger partial charge in [0.15, 0.2) is 0 Å². The molecular formula is C62H82N10O9. The molecule has 1 saturated heterocycles. The van der Waals surface area contributed by atoms with Gasteiger partial charge in [-0.25, -0.2) is 0 Å². The van der Waals surface area contributed by atoms with Crippen molar-refractivity contribution in [2.75, 3.05) is 39.7 Å². The van der Waals surface area contributed by atoms with Crippen molar-refractivity contribution in [2.24, 2.45) is 10.8 Å². The minimum atomic E-state index is -1.00. The smallest absolute Gasteiger partial charge is 0.255 e. The van der Waals surface area contributed by atoms with Crippen LogP contribution in [0.2, 0.25) is 0 Å². The third-order valence-electron chi connectivity index (χ3n) is 15.8. The molecule has 0 saturated carbocycles. The monoisotopic (exact) mass is 1110 g/mol. The number of nitrogens with zero attached hydrogens (tertiary/aromatic N) is 2. The summed E-state index contributed by atoms with van der Waals surface area (Å²) in [5.41, 5.74) is 3.99. The maximum atomic E-state index is 14.9. The number of carbonyl (C=O) groups excluding carboxylic acids is 8. The van der Waals surface area contributed by atoms with Crippen molar-refractivity contribution in [3.05, 3.63) is 136 Å². The Balaban J connectivity index is 1.07. The molecule has 1 fully saturated rings. The van der Waals surface area contributed by atoms with Crippen LogP contribution in [-0.2, 0) is 52.9 Å². The number of carbonyl (C=O) groups is 8. The molecule has 0 aromatic heterocycles. The first kappa shape index (κ1) is 61.1. The molecule has 4 aromatic carbocycles. The van der Waals surface area contributed by atoms with Crippen LogP contribution in [0, 0.1) is 10.8 Å². The maximum Gasteiger partial charge on any atom is 0.255 e. The molecule has 0 radical (unpaired) electrons. The second-order valence-electron chi connectivity index (χ2n) is 23.8. The molecule has 7 rings (SSSR count). The van der Waals surface area contributed by atoms with Gasteiger partial charge in [0.1, 0.15) is 24.2 Å². The first-order valence-corrected chi connectivity index (χ1v) is 28.0. The van der Waals surface area contributed by atoms with Crippen molar-refractivity contribution in [3.63, 3.8) is 0 Å². The van der Waals surface area contributed by atoms with Crippen molar-refractivity contribution in [1.82, 2.24) is 47.0 Å². The van der Waals surface area contributed by atoms with E-state index in [1.165, 1.54) is 39.6 Å². The van der Waals surface area contributed by atoms with Gasteiger partial charge in [0.2, 0.25) is 35.4 Å². The Bertz CT molecular complexity index is 2940. The van der Waals surface area contributed by atoms with E-state index in [9.17, 15) is 38.4 Å². The van der Waals surface area contributed by atoms with Crippen molar-refractivity contribution >= 4 is 52.9 Å². The van der Waals surface area contributed by atoms with E-state index in [1.807, 2.05) is 96.1 Å². The summed E-state index contributed by atoms with van der Waals surface area (Å²) in [7, 11) is 4.86. The summed E-state index contributed by atoms with van der Waals surface area (Å²) in [5, 5.41) is 24.0. The quantitative estimate of drug-likeness (QED) is 0.0630. The molecule has 0 spiro atoms. The number of rotatable bonds is 19. The van der Waals surface area contributed by atoms with E-state index in [4.69, 9.17) is 4.74 Å². The molecule has 0 bridgehead atoms. The Morgan fingerprint density at radius 3 is 1.80 bits per heavy atom. The Kier molecular flexibility index (Phi) is 19.9. The Labute approximate surface area is 476 Å². The number of likely N-dealkylation sites (tertiary alicyclic amines) is 1. The largest absolute Gasteiger partial charge is 0.382 e. The molecule has 1 aliphatic carbocycles. The van der Waals surface area contributed by atoms with E-state index in [-0.39, 0.29) is 67.4 Å². The summed E-state index contributed by atoms with van der Waals surface area (Å²) < 4.78 is 5.49. The van der Waals surface area contributed by atoms with E-state index in [0.29, 0.717) is 11.3 Å². The fraction of sp³-hybridized carbons (Fsp3) is 0.484. The van der Waals surface area contributed by atoms with Crippen molar-refractivity contribution in [3.8, 4) is 0 Å². The maximum absolute atomic E-state index is 14.9. The second kappa shape index (κ2) is 26.4. The van der Waals surface area contributed by atoms with Gasteiger partial charge in [-0.1, -0.05) is 102 Å². The van der Waals surface area contributed by atoms with Crippen molar-refractivity contribution in [1.29, 1.82) is 0 Å². The fourth-order valence-corrected chi connectivity index (χ4v) is 10.7. The van der Waals surface area contributed by atoms with E-state index >= 15 is 0 Å². The molecule has 9 atom stereocenters. The Hall–Kier alpha value is -7.48. The summed E-state index contributed by atoms with van der Waals surface area (Å²) in [5.74, 6) is -3.28. The second-order valence-corrected chi connectivity index (χ2v) is 23.8. The number of nitrogens with one attached hydrogen (secondary N) is 8. The van der Waals surface area contributed by atoms with Gasteiger partial charge in [-0.15, -0.1) is 0 Å². The predicted molar refractivity (Wildman–Crippen MR) is 310 cm³/mol. The van der Waals surface area contributed by atoms with Gasteiger partial charge in [0.25, 0.3) is 11.8 Å². The highest BCUT2D eigenvalue weighted by atomic mass is 16.5. The molecule has 19 nitrogen and oxygen atoms in total. The van der Waals surface area contributed by atoms with Crippen LogP contribution in [0.4, 0.5) is 5.69 Å². The van der Waals surface area contributed by atoms with Gasteiger partial charge < -0.3 is 57.1 Å². The van der Waals surface area contributed by atoms with Crippen LogP contribution in [0.25, 0.3) is 0 Å². The summed E-state index contributed by atoms with van der Waals surface area (Å²) in [6.07, 6.45) is 2.82. The number of aryl methyl sites for hydroxylation is 1. The molecule has 19 heteroatoms. The third-order valence-corrected chi connectivity index (χ3v) is 15.8. The number of fused-ring (bicyclic) bond motifs is 2. The van der Waals surface area contributed by atoms with Crippen LogP contribution in [0.1, 0.15) is 135 Å². The molecule has 1 unspecified atom stereocenters. The van der Waals surface area contributed by atoms with Gasteiger partial charge in [0.05, 0.1) is 30.8 Å². The summed E-state index contributed by atoms with van der Waals surface area (Å²) in [6, 6.07) is 22.4. The zero-order chi connectivity index (χ0) is 58.9. The fourth-order valence-electron chi connectivity index (χ4n) is 10.7. The summed E-state index contributed by atoms with van der Waals surface area (Å²) in [4.78, 5) is 116. The molecule has 2 aliphatic heterocycles. The van der Waals surface area contributed by atoms with Crippen molar-refractivity contribution in [2.45, 2.75) is 148 Å². The lowest BCUT2D eigenvalue weighted by Crippen LogP contribution is -2.62. The highest BCUT2D eigenvalue weighted by Crippen LogP contribution is 2.34. The number of benzene rings is 4. The van der Waals surface area contributed by atoms with Gasteiger partial charge in [-0.3, -0.25) is 38.4 Å². The zero-order valence-corrected chi connectivity index (χ0v) is 48.7. The third kappa shape index (κ3) is 14.9. The highest BCUT2D eigenvalue weighted by molar-refractivity contribution is 6.05. The number of hydrogen-bond acceptors (Lipinski definition) is 11. The average molecular weight is 1110 g/mol. The average Bonchev–Trinajstić information content (AvgIpc) is 3.88. The topological polar surface area (TPSA) is 249 Å². The van der Waals surface area contributed by atoms with E-state index < -0.39 is 88.7 Å². The van der Waals surface area contributed by atoms with Gasteiger partial charge in [0, 0.05) is 49.5 Å². The zero-order valence-electron chi connectivity index (χ0n) is 48.7. The number of ether oxygens (including phenoxy) is 1. The highest BCUT2D eigenvalue weighted by Gasteiger charge is 2.47. The molecule has 2 heterocycles. The molecule has 81 heavy (non-hydrogen) atoms. The van der Waals surface area contributed by atoms with Crippen LogP contribution in [0.15, 0.2) is 97.1 Å². The first-order chi connectivity index (χ1) is 38.4. The minimum Gasteiger partial charge on any atom is -0.382 e. The molecular weight excluding hydrogens is 1030 g/mol. The van der Waals surface area contributed by atoms with Crippen LogP contribution in [0.3, 0.4) is 0 Å². The number of hydrogen-bond donors (Lipinski definition) is 8. The van der Waals surface area contributed by atoms with E-state index in [0.717, 1.165) is 36.0 Å². The van der Waals surface area contributed by atoms with Crippen LogP contribution >= 0.6 is 0 Å². The Morgan fingerprint density at radius 1 is 0.630 bits per heavy atom. The summed E-state index contributed by atoms with van der Waals surface area (Å²) >= 11 is 0. The number of methoxy groups -OCH3 is 1. The van der Waals surface area contributed by atoms with Crippen LogP contribution in [0.5, 0.6) is 0 Å². The molecule has 4 aromatic rings. The standard InChI is InChI=1S/C62H82N10O9/c1-36(63-9)53(73)69-51(61(3,4)5)59(79)71-33-43-30-44(29-28-42(43)31-49(71)57(77)68-48(35-81-11)39-19-13-12-14-20-39)65-55(75)40-24-26-41(27-25-40)56(76)66-45-32-50(58(78)67-47-23-17-21-38-18-15-16-22-46(38)47)72(34-45)60(80)52(62(6,7)8)70-54(74)37(2)64-10/h12-16,18-20,22,24-30,36-37,45,47-52,63-64H,17,21,23,31-35H2,1-11H3,(H,65,75)(H,66,76)(H,67,78)(H,68,77)(H,69,73)(H,70,74)/t36-,37-,45-,47+,48+,49-,50-,51?,52+/m0/s1. The molecule has 3 aliphatic rings. The van der Waals surface area contributed by atoms with Crippen molar-refractivity contribution < 1.29 is 43.1 Å². The predicted octanol–water partition coefficient (Wildman–Crippen LogP) is 4.87. The number of anilines is 1. The minimum absolute atomic E-state index is 0.00114. The van der Waals surface area contributed by atoms with Gasteiger partial charge >= 0.3 is 0 Å². The van der Waals surface area contributed by atoms with Gasteiger partial charge in [-0.05, 0) is 129 Å². The van der Waals surface area contributed by atoms with Gasteiger partial charge in [-0.2, -0.15) is 0 Å². The first-order valence-electron chi connectivity index (χ1n) is 28.0. The lowest BCUT2D eigenvalue weighted by molar-refractivity contribution is -0.147. The number of likely N-dealkylation sites (N-methyl/N-ethyl adjacent to an activating group) is 2. The van der Waals surface area contributed by atoms with Crippen LogP contribution in [-0.4, -0.2) is 134 Å². The number of amides is 8. The van der Waals surface area contributed by atoms with E-state index in [1.54, 1.807) is 47.2 Å².